The molecule has 1 amide bonds. The van der Waals surface area contributed by atoms with E-state index >= 15 is 0 Å². The summed E-state index contributed by atoms with van der Waals surface area (Å²) in [6.45, 7) is 8.43. The van der Waals surface area contributed by atoms with E-state index in [4.69, 9.17) is 0 Å². The van der Waals surface area contributed by atoms with Crippen LogP contribution < -0.4 is 5.32 Å². The van der Waals surface area contributed by atoms with Crippen LogP contribution in [0.25, 0.3) is 0 Å². The number of nitrogens with one attached hydrogen (secondary N) is 1. The van der Waals surface area contributed by atoms with Gasteiger partial charge in [0.05, 0.1) is 0 Å². The predicted octanol–water partition coefficient (Wildman–Crippen LogP) is 1.63. The molecule has 0 bridgehead atoms. The first-order valence-electron chi connectivity index (χ1n) is 7.96. The molecule has 4 heteroatoms. The van der Waals surface area contributed by atoms with Gasteiger partial charge in [-0.2, -0.15) is 0 Å². The lowest BCUT2D eigenvalue weighted by molar-refractivity contribution is -0.118. The minimum absolute atomic E-state index is 0.0997. The molecule has 2 aliphatic heterocycles. The highest BCUT2D eigenvalue weighted by atomic mass is 16.1. The maximum atomic E-state index is 12.0. The molecule has 20 heavy (non-hydrogen) atoms. The van der Waals surface area contributed by atoms with Gasteiger partial charge in [-0.25, -0.2) is 0 Å². The molecule has 114 valence electrons. The van der Waals surface area contributed by atoms with Crippen LogP contribution in [0.4, 0.5) is 0 Å². The molecule has 0 radical (unpaired) electrons. The van der Waals surface area contributed by atoms with Crippen molar-refractivity contribution in [1.82, 2.24) is 15.1 Å². The van der Waals surface area contributed by atoms with Gasteiger partial charge < -0.3 is 10.2 Å². The molecule has 0 aromatic carbocycles. The van der Waals surface area contributed by atoms with Gasteiger partial charge in [-0.05, 0) is 66.2 Å². The highest BCUT2D eigenvalue weighted by Crippen LogP contribution is 2.20. The number of carbonyl (C=O) groups excluding carboxylic acids is 1. The zero-order valence-electron chi connectivity index (χ0n) is 13.2. The minimum atomic E-state index is 0.0997. The topological polar surface area (TPSA) is 35.6 Å². The van der Waals surface area contributed by atoms with Crippen LogP contribution in [0, 0.1) is 0 Å². The molecule has 0 spiro atoms. The number of hydrogen-bond acceptors (Lipinski definition) is 3. The number of likely N-dealkylation sites (tertiary alicyclic amines) is 2. The van der Waals surface area contributed by atoms with Crippen LogP contribution in [0.2, 0.25) is 0 Å². The number of hydrogen-bond donors (Lipinski definition) is 1. The van der Waals surface area contributed by atoms with E-state index in [2.05, 4.69) is 22.2 Å². The summed E-state index contributed by atoms with van der Waals surface area (Å²) in [7, 11) is 2.20. The first-order valence-corrected chi connectivity index (χ1v) is 7.96. The van der Waals surface area contributed by atoms with E-state index in [1.807, 2.05) is 19.9 Å². The summed E-state index contributed by atoms with van der Waals surface area (Å²) in [6.07, 6.45) is 6.74. The van der Waals surface area contributed by atoms with Crippen LogP contribution in [-0.4, -0.2) is 61.0 Å². The predicted molar refractivity (Wildman–Crippen MR) is 82.7 cm³/mol. The summed E-state index contributed by atoms with van der Waals surface area (Å²) in [4.78, 5) is 17.0. The minimum Gasteiger partial charge on any atom is -0.348 e. The number of amides is 1. The average Bonchev–Trinajstić information content (AvgIpc) is 2.47. The van der Waals surface area contributed by atoms with Crippen molar-refractivity contribution >= 4 is 5.91 Å². The van der Waals surface area contributed by atoms with Crippen LogP contribution in [0.1, 0.15) is 39.5 Å². The largest absolute Gasteiger partial charge is 0.348 e. The van der Waals surface area contributed by atoms with Crippen LogP contribution in [0.15, 0.2) is 11.6 Å². The van der Waals surface area contributed by atoms with Crippen LogP contribution in [0.3, 0.4) is 0 Å². The van der Waals surface area contributed by atoms with Crippen molar-refractivity contribution in [2.75, 3.05) is 33.2 Å². The van der Waals surface area contributed by atoms with Crippen molar-refractivity contribution in [2.24, 2.45) is 0 Å². The molecule has 2 fully saturated rings. The van der Waals surface area contributed by atoms with E-state index in [-0.39, 0.29) is 5.91 Å². The fourth-order valence-corrected chi connectivity index (χ4v) is 3.25. The lowest BCUT2D eigenvalue weighted by Gasteiger charge is -2.41. The summed E-state index contributed by atoms with van der Waals surface area (Å²) in [5, 5.41) is 3.19. The maximum Gasteiger partial charge on any atom is 0.246 e. The van der Waals surface area contributed by atoms with E-state index in [1.165, 1.54) is 38.9 Å². The molecule has 1 atom stereocenters. The van der Waals surface area contributed by atoms with E-state index in [0.29, 0.717) is 12.1 Å². The Kier molecular flexibility index (Phi) is 5.61. The molecule has 0 aliphatic carbocycles. The molecule has 2 rings (SSSR count). The Hall–Kier alpha value is -0.870. The molecule has 0 aromatic rings. The van der Waals surface area contributed by atoms with Gasteiger partial charge in [-0.15, -0.1) is 0 Å². The lowest BCUT2D eigenvalue weighted by atomic mass is 9.98. The van der Waals surface area contributed by atoms with E-state index in [1.54, 1.807) is 0 Å². The van der Waals surface area contributed by atoms with Gasteiger partial charge >= 0.3 is 0 Å². The molecule has 1 unspecified atom stereocenters. The molecule has 0 saturated carbocycles. The molecule has 2 aliphatic rings. The second-order valence-corrected chi connectivity index (χ2v) is 6.31. The zero-order chi connectivity index (χ0) is 14.5. The summed E-state index contributed by atoms with van der Waals surface area (Å²) in [5.74, 6) is 0.0997. The monoisotopic (exact) mass is 279 g/mol. The normalized spacial score (nSPS) is 27.6. The molecular weight excluding hydrogens is 250 g/mol. The highest BCUT2D eigenvalue weighted by molar-refractivity contribution is 5.92. The third kappa shape index (κ3) is 4.06. The number of allylic oxidation sites excluding steroid dienone is 1. The van der Waals surface area contributed by atoms with Crippen molar-refractivity contribution in [1.29, 1.82) is 0 Å². The average molecular weight is 279 g/mol. The Morgan fingerprint density at radius 1 is 1.20 bits per heavy atom. The van der Waals surface area contributed by atoms with E-state index < -0.39 is 0 Å². The third-order valence-corrected chi connectivity index (χ3v) is 4.78. The van der Waals surface area contributed by atoms with Gasteiger partial charge in [0.2, 0.25) is 5.91 Å². The Balaban J connectivity index is 1.84. The Morgan fingerprint density at radius 3 is 2.55 bits per heavy atom. The first-order chi connectivity index (χ1) is 9.60. The molecule has 2 saturated heterocycles. The fourth-order valence-electron chi connectivity index (χ4n) is 3.25. The molecule has 2 heterocycles. The van der Waals surface area contributed by atoms with Crippen molar-refractivity contribution in [3.8, 4) is 0 Å². The summed E-state index contributed by atoms with van der Waals surface area (Å²) < 4.78 is 0. The lowest BCUT2D eigenvalue weighted by Crippen LogP contribution is -2.53. The maximum absolute atomic E-state index is 12.0. The first kappa shape index (κ1) is 15.5. The summed E-state index contributed by atoms with van der Waals surface area (Å²) in [6, 6.07) is 1.04. The van der Waals surface area contributed by atoms with Gasteiger partial charge in [0.1, 0.15) is 0 Å². The van der Waals surface area contributed by atoms with Gasteiger partial charge in [-0.3, -0.25) is 9.69 Å². The standard InChI is InChI=1S/C16H29N3O/c1-4-13(2)16(20)17-14-6-5-9-19(12-14)15-7-10-18(3)11-8-15/h4,14-15H,5-12H2,1-3H3,(H,17,20). The van der Waals surface area contributed by atoms with Crippen molar-refractivity contribution in [3.63, 3.8) is 0 Å². The Morgan fingerprint density at radius 2 is 1.90 bits per heavy atom. The van der Waals surface area contributed by atoms with Crippen molar-refractivity contribution in [3.05, 3.63) is 11.6 Å². The third-order valence-electron chi connectivity index (χ3n) is 4.78. The second kappa shape index (κ2) is 7.23. The highest BCUT2D eigenvalue weighted by Gasteiger charge is 2.28. The SMILES string of the molecule is CC=C(C)C(=O)NC1CCCN(C2CCN(C)CC2)C1. The molecule has 4 nitrogen and oxygen atoms in total. The van der Waals surface area contributed by atoms with Crippen LogP contribution >= 0.6 is 0 Å². The Labute approximate surface area is 123 Å². The van der Waals surface area contributed by atoms with E-state index in [0.717, 1.165) is 18.5 Å². The van der Waals surface area contributed by atoms with Gasteiger partial charge in [-0.1, -0.05) is 6.08 Å². The zero-order valence-corrected chi connectivity index (χ0v) is 13.2. The number of nitrogens with zero attached hydrogens (tertiary/aromatic N) is 2. The summed E-state index contributed by atoms with van der Waals surface area (Å²) in [5.41, 5.74) is 0.821. The number of piperidine rings is 2. The molecule has 1 N–H and O–H groups in total. The number of carbonyl (C=O) groups is 1. The smallest absolute Gasteiger partial charge is 0.246 e. The second-order valence-electron chi connectivity index (χ2n) is 6.31. The number of rotatable bonds is 3. The fraction of sp³-hybridized carbons (Fsp3) is 0.812. The van der Waals surface area contributed by atoms with Gasteiger partial charge in [0.15, 0.2) is 0 Å². The van der Waals surface area contributed by atoms with Gasteiger partial charge in [0.25, 0.3) is 0 Å². The summed E-state index contributed by atoms with van der Waals surface area (Å²) >= 11 is 0. The molecular formula is C16H29N3O. The molecule has 0 aromatic heterocycles. The van der Waals surface area contributed by atoms with Crippen molar-refractivity contribution < 1.29 is 4.79 Å². The Bertz CT molecular complexity index is 359. The quantitative estimate of drug-likeness (QED) is 0.798. The van der Waals surface area contributed by atoms with Crippen molar-refractivity contribution in [2.45, 2.75) is 51.6 Å². The van der Waals surface area contributed by atoms with E-state index in [9.17, 15) is 4.79 Å². The van der Waals surface area contributed by atoms with Crippen LogP contribution in [0.5, 0.6) is 0 Å². The van der Waals surface area contributed by atoms with Gasteiger partial charge in [0, 0.05) is 24.2 Å². The van der Waals surface area contributed by atoms with Crippen LogP contribution in [-0.2, 0) is 4.79 Å².